The van der Waals surface area contributed by atoms with E-state index in [1.165, 1.54) is 0 Å². The summed E-state index contributed by atoms with van der Waals surface area (Å²) in [6.07, 6.45) is 2.35. The zero-order valence-corrected chi connectivity index (χ0v) is 14.0. The molecule has 0 bridgehead atoms. The first-order valence-electron chi connectivity index (χ1n) is 7.40. The zero-order chi connectivity index (χ0) is 14.8. The molecule has 2 fully saturated rings. The van der Waals surface area contributed by atoms with Crippen LogP contribution in [0.4, 0.5) is 0 Å². The topological polar surface area (TPSA) is 72.6 Å². The van der Waals surface area contributed by atoms with Gasteiger partial charge in [-0.3, -0.25) is 4.90 Å². The van der Waals surface area contributed by atoms with Gasteiger partial charge < -0.3 is 10.5 Å². The van der Waals surface area contributed by atoms with Gasteiger partial charge in [0.25, 0.3) is 0 Å². The maximum atomic E-state index is 12.3. The number of sulfone groups is 1. The van der Waals surface area contributed by atoms with Gasteiger partial charge >= 0.3 is 0 Å². The largest absolute Gasteiger partial charge is 0.374 e. The summed E-state index contributed by atoms with van der Waals surface area (Å²) >= 11 is 1.72. The molecule has 0 radical (unpaired) electrons. The van der Waals surface area contributed by atoms with Crippen LogP contribution in [0, 0.1) is 0 Å². The fourth-order valence-corrected chi connectivity index (χ4v) is 6.17. The van der Waals surface area contributed by atoms with E-state index in [2.05, 4.69) is 11.8 Å². The Labute approximate surface area is 126 Å². The molecule has 4 unspecified atom stereocenters. The molecule has 5 nitrogen and oxygen atoms in total. The summed E-state index contributed by atoms with van der Waals surface area (Å²) in [5, 5.41) is -0.403. The molecule has 0 aromatic rings. The quantitative estimate of drug-likeness (QED) is 0.803. The van der Waals surface area contributed by atoms with E-state index in [1.807, 2.05) is 0 Å². The van der Waals surface area contributed by atoms with Crippen LogP contribution >= 0.6 is 11.8 Å². The van der Waals surface area contributed by atoms with Gasteiger partial charge in [-0.1, -0.05) is 6.92 Å². The number of hydrogen-bond donors (Lipinski definition) is 1. The smallest absolute Gasteiger partial charge is 0.166 e. The van der Waals surface area contributed by atoms with Crippen LogP contribution in [-0.2, 0) is 14.6 Å². The van der Waals surface area contributed by atoms with Crippen molar-refractivity contribution < 1.29 is 13.2 Å². The summed E-state index contributed by atoms with van der Waals surface area (Å²) in [4.78, 5) is 2.10. The van der Waals surface area contributed by atoms with Gasteiger partial charge in [-0.25, -0.2) is 8.42 Å². The monoisotopic (exact) mass is 322 g/mol. The molecule has 0 aromatic heterocycles. The van der Waals surface area contributed by atoms with Crippen LogP contribution in [0.1, 0.15) is 26.7 Å². The van der Waals surface area contributed by atoms with Crippen molar-refractivity contribution in [2.45, 2.75) is 50.3 Å². The van der Waals surface area contributed by atoms with Gasteiger partial charge in [0.05, 0.1) is 12.2 Å². The van der Waals surface area contributed by atoms with E-state index in [0.29, 0.717) is 12.3 Å². The minimum absolute atomic E-state index is 0.0205. The second kappa shape index (κ2) is 6.96. The van der Waals surface area contributed by atoms with Crippen molar-refractivity contribution in [1.29, 1.82) is 0 Å². The molecule has 4 atom stereocenters. The summed E-state index contributed by atoms with van der Waals surface area (Å²) < 4.78 is 30.6. The molecule has 2 N–H and O–H groups in total. The Morgan fingerprint density at radius 2 is 2.20 bits per heavy atom. The molecule has 2 aliphatic rings. The standard InChI is InChI=1S/C13H26N2O3S2/c1-3-20(16,17)13-9-19-7-6-15(13)11(8-14)12-5-4-10(2)18-12/h10-13H,3-9,14H2,1-2H3. The summed E-state index contributed by atoms with van der Waals surface area (Å²) in [7, 11) is -3.07. The minimum atomic E-state index is -3.07. The molecule has 0 aliphatic carbocycles. The lowest BCUT2D eigenvalue weighted by molar-refractivity contribution is -0.00564. The number of nitrogens with two attached hydrogens (primary N) is 1. The summed E-state index contributed by atoms with van der Waals surface area (Å²) in [6, 6.07) is 0.0205. The highest BCUT2D eigenvalue weighted by atomic mass is 32.2. The van der Waals surface area contributed by atoms with E-state index in [0.717, 1.165) is 25.1 Å². The second-order valence-corrected chi connectivity index (χ2v) is 9.18. The van der Waals surface area contributed by atoms with Gasteiger partial charge in [0.2, 0.25) is 0 Å². The highest BCUT2D eigenvalue weighted by Gasteiger charge is 2.41. The normalized spacial score (nSPS) is 34.2. The van der Waals surface area contributed by atoms with Crippen molar-refractivity contribution in [3.05, 3.63) is 0 Å². The van der Waals surface area contributed by atoms with Crippen molar-refractivity contribution in [2.24, 2.45) is 5.73 Å². The van der Waals surface area contributed by atoms with E-state index in [-0.39, 0.29) is 24.0 Å². The molecule has 2 rings (SSSR count). The predicted octanol–water partition coefficient (Wildman–Crippen LogP) is 0.691. The predicted molar refractivity (Wildman–Crippen MR) is 83.7 cm³/mol. The molecule has 20 heavy (non-hydrogen) atoms. The van der Waals surface area contributed by atoms with Crippen LogP contribution in [0.3, 0.4) is 0 Å². The maximum Gasteiger partial charge on any atom is 0.166 e. The molecular formula is C13H26N2O3S2. The van der Waals surface area contributed by atoms with Crippen LogP contribution in [0.25, 0.3) is 0 Å². The van der Waals surface area contributed by atoms with Crippen LogP contribution in [0.15, 0.2) is 0 Å². The molecule has 2 saturated heterocycles. The van der Waals surface area contributed by atoms with E-state index in [1.54, 1.807) is 18.7 Å². The first-order chi connectivity index (χ1) is 9.49. The van der Waals surface area contributed by atoms with Crippen LogP contribution < -0.4 is 5.73 Å². The molecule has 0 saturated carbocycles. The SMILES string of the molecule is CCS(=O)(=O)C1CSCCN1C(CN)C1CCC(C)O1. The summed E-state index contributed by atoms with van der Waals surface area (Å²) in [5.74, 6) is 1.80. The van der Waals surface area contributed by atoms with Crippen molar-refractivity contribution in [2.75, 3.05) is 30.3 Å². The molecule has 7 heteroatoms. The van der Waals surface area contributed by atoms with Crippen molar-refractivity contribution in [3.8, 4) is 0 Å². The average Bonchev–Trinajstić information content (AvgIpc) is 2.86. The molecular weight excluding hydrogens is 296 g/mol. The molecule has 0 spiro atoms. The van der Waals surface area contributed by atoms with Crippen molar-refractivity contribution in [1.82, 2.24) is 4.90 Å². The Balaban J connectivity index is 2.17. The number of thioether (sulfide) groups is 1. The highest BCUT2D eigenvalue weighted by molar-refractivity contribution is 8.01. The van der Waals surface area contributed by atoms with Crippen molar-refractivity contribution in [3.63, 3.8) is 0 Å². The van der Waals surface area contributed by atoms with Crippen LogP contribution in [-0.4, -0.2) is 67.3 Å². The first kappa shape index (κ1) is 16.5. The van der Waals surface area contributed by atoms with E-state index < -0.39 is 15.2 Å². The van der Waals surface area contributed by atoms with Gasteiger partial charge in [0, 0.05) is 36.4 Å². The fourth-order valence-electron chi connectivity index (χ4n) is 3.09. The molecule has 0 aromatic carbocycles. The average molecular weight is 322 g/mol. The third-order valence-corrected chi connectivity index (χ3v) is 7.61. The Bertz CT molecular complexity index is 416. The van der Waals surface area contributed by atoms with Gasteiger partial charge in [0.15, 0.2) is 9.84 Å². The van der Waals surface area contributed by atoms with E-state index in [9.17, 15) is 8.42 Å². The summed E-state index contributed by atoms with van der Waals surface area (Å²) in [6.45, 7) is 5.03. The fraction of sp³-hybridized carbons (Fsp3) is 1.00. The maximum absolute atomic E-state index is 12.3. The Kier molecular flexibility index (Phi) is 5.76. The van der Waals surface area contributed by atoms with Crippen LogP contribution in [0.5, 0.6) is 0 Å². The number of hydrogen-bond acceptors (Lipinski definition) is 6. The Hall–Kier alpha value is 0.180. The van der Waals surface area contributed by atoms with Gasteiger partial charge in [-0.05, 0) is 19.8 Å². The van der Waals surface area contributed by atoms with E-state index >= 15 is 0 Å². The number of nitrogens with zero attached hydrogens (tertiary/aromatic N) is 1. The third kappa shape index (κ3) is 3.50. The number of rotatable bonds is 5. The van der Waals surface area contributed by atoms with Crippen molar-refractivity contribution >= 4 is 21.6 Å². The summed E-state index contributed by atoms with van der Waals surface area (Å²) in [5.41, 5.74) is 5.95. The van der Waals surface area contributed by atoms with Gasteiger partial charge in [-0.15, -0.1) is 0 Å². The first-order valence-corrected chi connectivity index (χ1v) is 10.3. The molecule has 2 aliphatic heterocycles. The highest BCUT2D eigenvalue weighted by Crippen LogP contribution is 2.29. The second-order valence-electron chi connectivity index (χ2n) is 5.58. The lowest BCUT2D eigenvalue weighted by Crippen LogP contribution is -2.58. The molecule has 118 valence electrons. The van der Waals surface area contributed by atoms with Gasteiger partial charge in [0.1, 0.15) is 5.37 Å². The molecule has 0 amide bonds. The Morgan fingerprint density at radius 1 is 1.45 bits per heavy atom. The molecule has 2 heterocycles. The van der Waals surface area contributed by atoms with Crippen LogP contribution in [0.2, 0.25) is 0 Å². The van der Waals surface area contributed by atoms with E-state index in [4.69, 9.17) is 10.5 Å². The lowest BCUT2D eigenvalue weighted by atomic mass is 10.1. The number of ether oxygens (including phenoxy) is 1. The minimum Gasteiger partial charge on any atom is -0.374 e. The zero-order valence-electron chi connectivity index (χ0n) is 12.3. The Morgan fingerprint density at radius 3 is 2.75 bits per heavy atom. The third-order valence-electron chi connectivity index (χ3n) is 4.30. The lowest BCUT2D eigenvalue weighted by Gasteiger charge is -2.42. The van der Waals surface area contributed by atoms with Gasteiger partial charge in [-0.2, -0.15) is 11.8 Å².